The summed E-state index contributed by atoms with van der Waals surface area (Å²) >= 11 is 0. The molecule has 8 nitrogen and oxygen atoms in total. The molecule has 4 rings (SSSR count). The SMILES string of the molecule is C=CC(=O)Nc1ccc2c(c1)nc(C(F)F)n2[C@H]1CCC[C@@H](Nc2ncc(C#N)cn2)C1. The van der Waals surface area contributed by atoms with Crippen molar-refractivity contribution in [2.24, 2.45) is 0 Å². The Kier molecular flexibility index (Phi) is 6.07. The summed E-state index contributed by atoms with van der Waals surface area (Å²) in [5.74, 6) is -0.265. The molecule has 1 amide bonds. The Morgan fingerprint density at radius 3 is 2.78 bits per heavy atom. The Labute approximate surface area is 183 Å². The number of aromatic nitrogens is 4. The summed E-state index contributed by atoms with van der Waals surface area (Å²) in [4.78, 5) is 24.0. The summed E-state index contributed by atoms with van der Waals surface area (Å²) in [6.45, 7) is 3.41. The third kappa shape index (κ3) is 4.42. The summed E-state index contributed by atoms with van der Waals surface area (Å²) in [5.41, 5.74) is 1.83. The molecule has 1 aliphatic carbocycles. The Hall–Kier alpha value is -3.87. The Balaban J connectivity index is 1.60. The molecule has 164 valence electrons. The zero-order valence-electron chi connectivity index (χ0n) is 17.1. The second-order valence-corrected chi connectivity index (χ2v) is 7.61. The molecule has 2 N–H and O–H groups in total. The van der Waals surface area contributed by atoms with E-state index in [4.69, 9.17) is 5.26 Å². The lowest BCUT2D eigenvalue weighted by atomic mass is 9.90. The highest BCUT2D eigenvalue weighted by Gasteiger charge is 2.29. The number of hydrogen-bond donors (Lipinski definition) is 2. The van der Waals surface area contributed by atoms with Crippen LogP contribution < -0.4 is 10.6 Å². The van der Waals surface area contributed by atoms with E-state index in [-0.39, 0.29) is 23.8 Å². The third-order valence-corrected chi connectivity index (χ3v) is 5.49. The van der Waals surface area contributed by atoms with Crippen LogP contribution in [0.2, 0.25) is 0 Å². The maximum atomic E-state index is 13.9. The van der Waals surface area contributed by atoms with Crippen molar-refractivity contribution in [3.05, 3.63) is 54.6 Å². The number of nitriles is 1. The molecule has 0 spiro atoms. The highest BCUT2D eigenvalue weighted by atomic mass is 19.3. The lowest BCUT2D eigenvalue weighted by molar-refractivity contribution is -0.111. The van der Waals surface area contributed by atoms with Gasteiger partial charge < -0.3 is 15.2 Å². The molecule has 2 aromatic heterocycles. The number of amides is 1. The van der Waals surface area contributed by atoms with Crippen LogP contribution in [0.25, 0.3) is 11.0 Å². The van der Waals surface area contributed by atoms with Gasteiger partial charge in [0.2, 0.25) is 11.9 Å². The van der Waals surface area contributed by atoms with Crippen LogP contribution in [0.1, 0.15) is 49.5 Å². The number of carbonyl (C=O) groups excluding carboxylic acids is 1. The summed E-state index contributed by atoms with van der Waals surface area (Å²) in [5, 5.41) is 14.7. The topological polar surface area (TPSA) is 109 Å². The molecule has 1 saturated carbocycles. The molecule has 0 bridgehead atoms. The molecule has 3 aromatic rings. The maximum absolute atomic E-state index is 13.9. The van der Waals surface area contributed by atoms with Gasteiger partial charge >= 0.3 is 0 Å². The van der Waals surface area contributed by atoms with E-state index in [0.29, 0.717) is 34.7 Å². The van der Waals surface area contributed by atoms with Gasteiger partial charge in [-0.2, -0.15) is 5.26 Å². The lowest BCUT2D eigenvalue weighted by Gasteiger charge is -2.32. The molecule has 0 unspecified atom stereocenters. The molecular formula is C22H21F2N7O. The van der Waals surface area contributed by atoms with E-state index in [1.54, 1.807) is 22.8 Å². The van der Waals surface area contributed by atoms with Crippen LogP contribution in [0, 0.1) is 11.3 Å². The Bertz CT molecular complexity index is 1180. The first-order valence-electron chi connectivity index (χ1n) is 10.2. The van der Waals surface area contributed by atoms with Crippen molar-refractivity contribution in [2.45, 2.75) is 44.2 Å². The van der Waals surface area contributed by atoms with Gasteiger partial charge in [-0.25, -0.2) is 23.7 Å². The number of carbonyl (C=O) groups is 1. The molecular weight excluding hydrogens is 416 g/mol. The van der Waals surface area contributed by atoms with Crippen molar-refractivity contribution in [1.82, 2.24) is 19.5 Å². The number of halogens is 2. The van der Waals surface area contributed by atoms with E-state index in [2.05, 4.69) is 32.2 Å². The van der Waals surface area contributed by atoms with Crippen LogP contribution in [0.15, 0.2) is 43.2 Å². The molecule has 32 heavy (non-hydrogen) atoms. The van der Waals surface area contributed by atoms with Gasteiger partial charge in [0.1, 0.15) is 6.07 Å². The number of benzene rings is 1. The van der Waals surface area contributed by atoms with Crippen molar-refractivity contribution in [3.8, 4) is 6.07 Å². The predicted molar refractivity (Wildman–Crippen MR) is 115 cm³/mol. The van der Waals surface area contributed by atoms with Crippen molar-refractivity contribution in [1.29, 1.82) is 5.26 Å². The first-order valence-corrected chi connectivity index (χ1v) is 10.2. The van der Waals surface area contributed by atoms with Crippen LogP contribution in [-0.2, 0) is 4.79 Å². The predicted octanol–water partition coefficient (Wildman–Crippen LogP) is 4.36. The van der Waals surface area contributed by atoms with Gasteiger partial charge in [0.25, 0.3) is 6.43 Å². The van der Waals surface area contributed by atoms with Crippen molar-refractivity contribution in [3.63, 3.8) is 0 Å². The number of fused-ring (bicyclic) bond motifs is 1. The number of nitrogens with one attached hydrogen (secondary N) is 2. The van der Waals surface area contributed by atoms with Crippen LogP contribution in [-0.4, -0.2) is 31.5 Å². The summed E-state index contributed by atoms with van der Waals surface area (Å²) in [6, 6.07) is 6.74. The molecule has 0 saturated heterocycles. The molecule has 0 radical (unpaired) electrons. The van der Waals surface area contributed by atoms with Gasteiger partial charge in [0, 0.05) is 17.8 Å². The van der Waals surface area contributed by atoms with Gasteiger partial charge in [0.05, 0.1) is 29.0 Å². The number of hydrogen-bond acceptors (Lipinski definition) is 6. The minimum Gasteiger partial charge on any atom is -0.351 e. The third-order valence-electron chi connectivity index (χ3n) is 5.49. The molecule has 2 atom stereocenters. The number of alkyl halides is 2. The monoisotopic (exact) mass is 437 g/mol. The molecule has 10 heteroatoms. The van der Waals surface area contributed by atoms with Gasteiger partial charge in [-0.3, -0.25) is 4.79 Å². The zero-order valence-corrected chi connectivity index (χ0v) is 17.1. The van der Waals surface area contributed by atoms with E-state index in [0.717, 1.165) is 25.3 Å². The highest BCUT2D eigenvalue weighted by Crippen LogP contribution is 2.36. The van der Waals surface area contributed by atoms with Crippen LogP contribution >= 0.6 is 0 Å². The molecule has 1 aliphatic rings. The van der Waals surface area contributed by atoms with Crippen LogP contribution in [0.4, 0.5) is 20.4 Å². The summed E-state index contributed by atoms with van der Waals surface area (Å²) in [7, 11) is 0. The number of imidazole rings is 1. The fraction of sp³-hybridized carbons (Fsp3) is 0.318. The molecule has 1 aromatic carbocycles. The number of anilines is 2. The van der Waals surface area contributed by atoms with E-state index in [1.165, 1.54) is 12.4 Å². The quantitative estimate of drug-likeness (QED) is 0.555. The fourth-order valence-corrected chi connectivity index (χ4v) is 4.10. The Morgan fingerprint density at radius 2 is 2.09 bits per heavy atom. The van der Waals surface area contributed by atoms with Gasteiger partial charge in [-0.05, 0) is 50.0 Å². The van der Waals surface area contributed by atoms with E-state index in [1.807, 2.05) is 6.07 Å². The highest BCUT2D eigenvalue weighted by molar-refractivity contribution is 6.00. The second-order valence-electron chi connectivity index (χ2n) is 7.61. The fourth-order valence-electron chi connectivity index (χ4n) is 4.10. The first-order chi connectivity index (χ1) is 15.5. The van der Waals surface area contributed by atoms with Crippen molar-refractivity contribution < 1.29 is 13.6 Å². The minimum absolute atomic E-state index is 0.00388. The van der Waals surface area contributed by atoms with E-state index < -0.39 is 6.43 Å². The molecule has 2 heterocycles. The second kappa shape index (κ2) is 9.09. The standard InChI is InChI=1S/C22H21F2N7O/c1-2-19(32)28-15-6-7-18-17(9-15)30-21(20(23)24)31(18)16-5-3-4-14(8-16)29-22-26-11-13(10-25)12-27-22/h2,6-7,9,11-12,14,16,20H,1,3-5,8H2,(H,28,32)(H,26,27,29)/t14-,16+/m1/s1. The molecule has 0 aliphatic heterocycles. The number of nitrogens with zero attached hydrogens (tertiary/aromatic N) is 5. The normalized spacial score (nSPS) is 18.3. The van der Waals surface area contributed by atoms with Gasteiger partial charge in [-0.1, -0.05) is 6.58 Å². The van der Waals surface area contributed by atoms with E-state index in [9.17, 15) is 13.6 Å². The zero-order chi connectivity index (χ0) is 22.7. The molecule has 1 fully saturated rings. The lowest BCUT2D eigenvalue weighted by Crippen LogP contribution is -2.30. The average molecular weight is 437 g/mol. The largest absolute Gasteiger partial charge is 0.351 e. The number of rotatable bonds is 6. The van der Waals surface area contributed by atoms with Gasteiger partial charge in [0.15, 0.2) is 5.82 Å². The maximum Gasteiger partial charge on any atom is 0.295 e. The minimum atomic E-state index is -2.73. The Morgan fingerprint density at radius 1 is 1.31 bits per heavy atom. The smallest absolute Gasteiger partial charge is 0.295 e. The first kappa shape index (κ1) is 21.4. The summed E-state index contributed by atoms with van der Waals surface area (Å²) in [6.07, 6.45) is 4.33. The van der Waals surface area contributed by atoms with Crippen molar-refractivity contribution >= 4 is 28.6 Å². The van der Waals surface area contributed by atoms with Crippen LogP contribution in [0.5, 0.6) is 0 Å². The average Bonchev–Trinajstić information content (AvgIpc) is 3.19. The van der Waals surface area contributed by atoms with E-state index >= 15 is 0 Å². The van der Waals surface area contributed by atoms with Gasteiger partial charge in [-0.15, -0.1) is 0 Å². The summed E-state index contributed by atoms with van der Waals surface area (Å²) < 4.78 is 29.4. The van der Waals surface area contributed by atoms with Crippen molar-refractivity contribution in [2.75, 3.05) is 10.6 Å². The van der Waals surface area contributed by atoms with Crippen LogP contribution in [0.3, 0.4) is 0 Å².